The van der Waals surface area contributed by atoms with Gasteiger partial charge in [0.25, 0.3) is 5.91 Å². The van der Waals surface area contributed by atoms with Crippen LogP contribution in [0.5, 0.6) is 0 Å². The molecule has 1 atom stereocenters. The molecule has 1 unspecified atom stereocenters. The van der Waals surface area contributed by atoms with E-state index >= 15 is 0 Å². The number of hydrogen-bond acceptors (Lipinski definition) is 4. The molecule has 1 aliphatic carbocycles. The van der Waals surface area contributed by atoms with Crippen molar-refractivity contribution >= 4 is 17.8 Å². The lowest BCUT2D eigenvalue weighted by Crippen LogP contribution is -2.47. The summed E-state index contributed by atoms with van der Waals surface area (Å²) >= 11 is 0. The lowest BCUT2D eigenvalue weighted by Gasteiger charge is -2.34. The molecule has 0 spiro atoms. The average molecular weight is 382 g/mol. The van der Waals surface area contributed by atoms with Crippen LogP contribution < -0.4 is 5.32 Å². The number of amides is 4. The minimum Gasteiger partial charge on any atom is -0.341 e. The minimum atomic E-state index is -1.25. The number of likely N-dealkylation sites (N-methyl/N-ethyl adjacent to an activating group) is 1. The van der Waals surface area contributed by atoms with Gasteiger partial charge in [-0.3, -0.25) is 14.5 Å². The Morgan fingerprint density at radius 1 is 1.25 bits per heavy atom. The maximum Gasteiger partial charge on any atom is 0.325 e. The Bertz CT molecular complexity index is 821. The van der Waals surface area contributed by atoms with Crippen molar-refractivity contribution in [3.05, 3.63) is 35.4 Å². The Morgan fingerprint density at radius 2 is 1.86 bits per heavy atom. The third kappa shape index (κ3) is 3.59. The zero-order chi connectivity index (χ0) is 20.5. The average Bonchev–Trinajstić information content (AvgIpc) is 2.92. The molecule has 1 aliphatic heterocycles. The van der Waals surface area contributed by atoms with Crippen molar-refractivity contribution in [1.82, 2.24) is 15.1 Å². The van der Waals surface area contributed by atoms with E-state index in [0.29, 0.717) is 17.0 Å². The number of carbonyl (C=O) groups excluding carboxylic acids is 3. The van der Waals surface area contributed by atoms with Gasteiger partial charge in [0, 0.05) is 13.1 Å². The first kappa shape index (κ1) is 19.9. The summed E-state index contributed by atoms with van der Waals surface area (Å²) in [5, 5.41) is 11.6. The van der Waals surface area contributed by atoms with Gasteiger partial charge >= 0.3 is 6.03 Å². The number of nitrogens with zero attached hydrogens (tertiary/aromatic N) is 3. The smallest absolute Gasteiger partial charge is 0.325 e. The highest BCUT2D eigenvalue weighted by Crippen LogP contribution is 2.30. The topological polar surface area (TPSA) is 93.5 Å². The maximum atomic E-state index is 13.0. The van der Waals surface area contributed by atoms with Crippen LogP contribution in [0.1, 0.15) is 50.7 Å². The molecule has 148 valence electrons. The fourth-order valence-electron chi connectivity index (χ4n) is 3.99. The molecule has 1 heterocycles. The highest BCUT2D eigenvalue weighted by Gasteiger charge is 2.49. The Morgan fingerprint density at radius 3 is 2.43 bits per heavy atom. The summed E-state index contributed by atoms with van der Waals surface area (Å²) in [7, 11) is 1.75. The molecule has 1 saturated carbocycles. The van der Waals surface area contributed by atoms with E-state index in [1.807, 2.05) is 6.07 Å². The van der Waals surface area contributed by atoms with Crippen LogP contribution in [0.4, 0.5) is 4.79 Å². The summed E-state index contributed by atoms with van der Waals surface area (Å²) < 4.78 is 0. The second-order valence-corrected chi connectivity index (χ2v) is 8.05. The fraction of sp³-hybridized carbons (Fsp3) is 0.524. The molecule has 0 radical (unpaired) electrons. The number of benzene rings is 1. The lowest BCUT2D eigenvalue weighted by molar-refractivity contribution is -0.139. The van der Waals surface area contributed by atoms with E-state index in [-0.39, 0.29) is 18.5 Å². The SMILES string of the molecule is CC1CCC(N(C)C(=O)CN2C(=O)NC(C)(c3ccc(C#N)cc3)C2=O)CC1. The molecule has 28 heavy (non-hydrogen) atoms. The number of imide groups is 1. The maximum absolute atomic E-state index is 13.0. The summed E-state index contributed by atoms with van der Waals surface area (Å²) in [5.74, 6) is -0.00725. The van der Waals surface area contributed by atoms with E-state index < -0.39 is 17.5 Å². The van der Waals surface area contributed by atoms with Crippen molar-refractivity contribution in [2.45, 2.75) is 51.1 Å². The molecule has 0 aromatic heterocycles. The Kier molecular flexibility index (Phi) is 5.41. The molecule has 1 aromatic carbocycles. The summed E-state index contributed by atoms with van der Waals surface area (Å²) in [5.41, 5.74) is -0.196. The van der Waals surface area contributed by atoms with Crippen LogP contribution in [0.3, 0.4) is 0 Å². The molecule has 3 rings (SSSR count). The van der Waals surface area contributed by atoms with Crippen LogP contribution in [-0.2, 0) is 15.1 Å². The fourth-order valence-corrected chi connectivity index (χ4v) is 3.99. The van der Waals surface area contributed by atoms with Gasteiger partial charge in [0.1, 0.15) is 12.1 Å². The van der Waals surface area contributed by atoms with E-state index in [0.717, 1.165) is 30.6 Å². The molecular weight excluding hydrogens is 356 g/mol. The Hall–Kier alpha value is -2.88. The molecule has 1 aromatic rings. The second kappa shape index (κ2) is 7.63. The highest BCUT2D eigenvalue weighted by molar-refractivity contribution is 6.09. The molecule has 7 heteroatoms. The van der Waals surface area contributed by atoms with E-state index in [9.17, 15) is 14.4 Å². The molecule has 0 bridgehead atoms. The van der Waals surface area contributed by atoms with Gasteiger partial charge in [-0.2, -0.15) is 5.26 Å². The summed E-state index contributed by atoms with van der Waals surface area (Å²) in [4.78, 5) is 40.8. The van der Waals surface area contributed by atoms with E-state index in [2.05, 4.69) is 12.2 Å². The predicted molar refractivity (Wildman–Crippen MR) is 103 cm³/mol. The number of carbonyl (C=O) groups is 3. The van der Waals surface area contributed by atoms with Gasteiger partial charge in [0.2, 0.25) is 5.91 Å². The Labute approximate surface area is 165 Å². The van der Waals surface area contributed by atoms with Gasteiger partial charge in [-0.25, -0.2) is 4.79 Å². The molecular formula is C21H26N4O3. The Balaban J connectivity index is 1.71. The van der Waals surface area contributed by atoms with Crippen LogP contribution in [0.25, 0.3) is 0 Å². The first-order valence-electron chi connectivity index (χ1n) is 9.66. The number of rotatable bonds is 4. The molecule has 2 aliphatic rings. The highest BCUT2D eigenvalue weighted by atomic mass is 16.2. The number of hydrogen-bond donors (Lipinski definition) is 1. The van der Waals surface area contributed by atoms with Gasteiger partial charge in [-0.15, -0.1) is 0 Å². The van der Waals surface area contributed by atoms with Crippen molar-refractivity contribution in [2.75, 3.05) is 13.6 Å². The van der Waals surface area contributed by atoms with Gasteiger partial charge in [-0.1, -0.05) is 19.1 Å². The minimum absolute atomic E-state index is 0.161. The van der Waals surface area contributed by atoms with Crippen LogP contribution in [-0.4, -0.2) is 47.3 Å². The predicted octanol–water partition coefficient (Wildman–Crippen LogP) is 2.36. The van der Waals surface area contributed by atoms with Crippen LogP contribution in [0, 0.1) is 17.2 Å². The van der Waals surface area contributed by atoms with Crippen molar-refractivity contribution in [1.29, 1.82) is 5.26 Å². The summed E-state index contributed by atoms with van der Waals surface area (Å²) in [6.45, 7) is 3.57. The second-order valence-electron chi connectivity index (χ2n) is 8.05. The van der Waals surface area contributed by atoms with Gasteiger partial charge in [0.15, 0.2) is 0 Å². The first-order chi connectivity index (χ1) is 13.3. The standard InChI is InChI=1S/C21H26N4O3/c1-14-4-10-17(11-5-14)24(3)18(26)13-25-19(27)21(2,23-20(25)28)16-8-6-15(12-22)7-9-16/h6-9,14,17H,4-5,10-11,13H2,1-3H3,(H,23,28). The third-order valence-corrected chi connectivity index (χ3v) is 6.09. The zero-order valence-corrected chi connectivity index (χ0v) is 16.6. The summed E-state index contributed by atoms with van der Waals surface area (Å²) in [6, 6.07) is 8.12. The zero-order valence-electron chi connectivity index (χ0n) is 16.6. The monoisotopic (exact) mass is 382 g/mol. The number of nitrogens with one attached hydrogen (secondary N) is 1. The van der Waals surface area contributed by atoms with E-state index in [4.69, 9.17) is 5.26 Å². The van der Waals surface area contributed by atoms with Crippen molar-refractivity contribution in [3.63, 3.8) is 0 Å². The number of urea groups is 1. The molecule has 1 N–H and O–H groups in total. The van der Waals surface area contributed by atoms with Gasteiger partial charge in [-0.05, 0) is 56.2 Å². The molecule has 2 fully saturated rings. The van der Waals surface area contributed by atoms with Crippen molar-refractivity contribution < 1.29 is 14.4 Å². The van der Waals surface area contributed by atoms with Crippen molar-refractivity contribution in [2.24, 2.45) is 5.92 Å². The van der Waals surface area contributed by atoms with Gasteiger partial charge in [0.05, 0.1) is 11.6 Å². The quantitative estimate of drug-likeness (QED) is 0.809. The normalized spacial score (nSPS) is 27.3. The third-order valence-electron chi connectivity index (χ3n) is 6.09. The number of nitriles is 1. The van der Waals surface area contributed by atoms with Crippen LogP contribution in [0.2, 0.25) is 0 Å². The molecule has 7 nitrogen and oxygen atoms in total. The molecule has 4 amide bonds. The summed E-state index contributed by atoms with van der Waals surface area (Å²) in [6.07, 6.45) is 4.07. The molecule has 1 saturated heterocycles. The van der Waals surface area contributed by atoms with E-state index in [1.54, 1.807) is 43.1 Å². The van der Waals surface area contributed by atoms with Crippen LogP contribution >= 0.6 is 0 Å². The van der Waals surface area contributed by atoms with Crippen LogP contribution in [0.15, 0.2) is 24.3 Å². The van der Waals surface area contributed by atoms with E-state index in [1.165, 1.54) is 0 Å². The van der Waals surface area contributed by atoms with Gasteiger partial charge < -0.3 is 10.2 Å². The van der Waals surface area contributed by atoms with Crippen molar-refractivity contribution in [3.8, 4) is 6.07 Å². The largest absolute Gasteiger partial charge is 0.341 e. The first-order valence-corrected chi connectivity index (χ1v) is 9.66. The lowest BCUT2D eigenvalue weighted by atomic mass is 9.87.